The van der Waals surface area contributed by atoms with Crippen molar-refractivity contribution in [1.82, 2.24) is 0 Å². The van der Waals surface area contributed by atoms with Gasteiger partial charge in [-0.05, 0) is 66.2 Å². The Hall–Kier alpha value is -2.01. The molecule has 10 nitrogen and oxygen atoms in total. The van der Waals surface area contributed by atoms with Gasteiger partial charge in [-0.3, -0.25) is 9.59 Å². The molecule has 1 heterocycles. The van der Waals surface area contributed by atoms with Crippen LogP contribution in [0.4, 0.5) is 0 Å². The van der Waals surface area contributed by atoms with Crippen LogP contribution in [0.1, 0.15) is 85.5 Å². The van der Waals surface area contributed by atoms with E-state index in [9.17, 15) is 29.7 Å². The summed E-state index contributed by atoms with van der Waals surface area (Å²) in [5, 5.41) is 47.8. The Morgan fingerprint density at radius 2 is 1.29 bits per heavy atom. The molecule has 1 aliphatic rings. The van der Waals surface area contributed by atoms with E-state index >= 15 is 0 Å². The molecule has 0 aromatic carbocycles. The van der Waals surface area contributed by atoms with E-state index in [1.54, 1.807) is 27.7 Å². The molecule has 0 bridgehead atoms. The first kappa shape index (κ1) is 31.0. The van der Waals surface area contributed by atoms with Crippen LogP contribution in [0.15, 0.2) is 12.2 Å². The lowest BCUT2D eigenvalue weighted by Crippen LogP contribution is -2.61. The predicted molar refractivity (Wildman–Crippen MR) is 126 cm³/mol. The third-order valence-corrected chi connectivity index (χ3v) is 6.43. The zero-order valence-electron chi connectivity index (χ0n) is 21.2. The van der Waals surface area contributed by atoms with Gasteiger partial charge in [0.25, 0.3) is 0 Å². The average Bonchev–Trinajstić information content (AvgIpc) is 2.77. The van der Waals surface area contributed by atoms with Gasteiger partial charge in [0, 0.05) is 0 Å². The summed E-state index contributed by atoms with van der Waals surface area (Å²) in [4.78, 5) is 34.8. The predicted octanol–water partition coefficient (Wildman–Crippen LogP) is 2.63. The molecule has 0 saturated carbocycles. The number of ether oxygens (including phenoxy) is 2. The monoisotopic (exact) mass is 502 g/mol. The van der Waals surface area contributed by atoms with Crippen LogP contribution in [0.25, 0.3) is 0 Å². The number of rotatable bonds is 15. The molecule has 0 spiro atoms. The zero-order valence-corrected chi connectivity index (χ0v) is 21.2. The first-order valence-corrected chi connectivity index (χ1v) is 12.2. The number of carbonyl (C=O) groups excluding carboxylic acids is 1. The van der Waals surface area contributed by atoms with Crippen molar-refractivity contribution >= 4 is 17.9 Å². The molecule has 0 aromatic rings. The lowest BCUT2D eigenvalue weighted by atomic mass is 9.86. The van der Waals surface area contributed by atoms with Gasteiger partial charge in [-0.15, -0.1) is 0 Å². The molecule has 0 amide bonds. The Kier molecular flexibility index (Phi) is 12.3. The average molecular weight is 503 g/mol. The summed E-state index contributed by atoms with van der Waals surface area (Å²) in [7, 11) is 0. The molecule has 10 heteroatoms. The van der Waals surface area contributed by atoms with Crippen molar-refractivity contribution in [3.63, 3.8) is 0 Å². The number of carbonyl (C=O) groups is 3. The molecular weight excluding hydrogens is 460 g/mol. The number of hydrogen-bond donors (Lipinski definition) is 5. The maximum absolute atomic E-state index is 12.6. The van der Waals surface area contributed by atoms with Crippen LogP contribution in [-0.4, -0.2) is 74.1 Å². The number of carboxylic acid groups (broad SMARTS) is 2. The molecule has 1 rings (SSSR count). The normalized spacial score (nSPS) is 25.5. The van der Waals surface area contributed by atoms with Gasteiger partial charge in [-0.2, -0.15) is 0 Å². The van der Waals surface area contributed by atoms with E-state index in [0.717, 1.165) is 44.9 Å². The fourth-order valence-corrected chi connectivity index (χ4v) is 3.69. The van der Waals surface area contributed by atoms with Gasteiger partial charge in [-0.1, -0.05) is 31.4 Å². The summed E-state index contributed by atoms with van der Waals surface area (Å²) in [6.07, 6.45) is 2.67. The van der Waals surface area contributed by atoms with Crippen molar-refractivity contribution in [2.24, 2.45) is 10.8 Å². The van der Waals surface area contributed by atoms with E-state index in [1.807, 2.05) is 0 Å². The Bertz CT molecular complexity index is 730. The zero-order chi connectivity index (χ0) is 26.8. The fraction of sp³-hybridized carbons (Fsp3) is 0.800. The maximum atomic E-state index is 12.6. The lowest BCUT2D eigenvalue weighted by Gasteiger charge is -2.39. The van der Waals surface area contributed by atoms with E-state index in [2.05, 4.69) is 12.2 Å². The van der Waals surface area contributed by atoms with Crippen LogP contribution in [0.2, 0.25) is 0 Å². The third kappa shape index (κ3) is 9.87. The second kappa shape index (κ2) is 13.9. The number of unbranched alkanes of at least 4 members (excludes halogenated alkanes) is 5. The minimum absolute atomic E-state index is 0.505. The second-order valence-corrected chi connectivity index (χ2v) is 10.5. The van der Waals surface area contributed by atoms with Crippen molar-refractivity contribution in [3.8, 4) is 0 Å². The Labute approximate surface area is 206 Å². The molecule has 5 N–H and O–H groups in total. The largest absolute Gasteiger partial charge is 0.481 e. The standard InChI is InChI=1S/C25H42O10/c1-24(2,22(31)32)14-12-10-8-6-5-7-9-11-13-15-25(3,4)23(33)35-21-18(28)16(26)17(27)19(34-21)20(29)30/h5-6,16-19,21,26-28H,7-15H2,1-4H3,(H,29,30)(H,31,32)/b6-5+/t16-,17-,18+,19-,21?/m1/s1. The number of hydrogen-bond acceptors (Lipinski definition) is 8. The summed E-state index contributed by atoms with van der Waals surface area (Å²) < 4.78 is 10.2. The molecule has 0 aromatic heterocycles. The SMILES string of the molecule is CC(C)(CCCC/C=C/CCCCCC(C)(C)C(=O)OC1O[C@@H](C(=O)O)[C@H](O)[C@@H](O)[C@@H]1O)C(=O)O. The highest BCUT2D eigenvalue weighted by Crippen LogP contribution is 2.29. The first-order chi connectivity index (χ1) is 16.2. The van der Waals surface area contributed by atoms with Crippen molar-refractivity contribution < 1.29 is 49.4 Å². The molecule has 202 valence electrons. The third-order valence-electron chi connectivity index (χ3n) is 6.43. The van der Waals surface area contributed by atoms with Crippen LogP contribution in [-0.2, 0) is 23.9 Å². The van der Waals surface area contributed by atoms with E-state index in [-0.39, 0.29) is 0 Å². The van der Waals surface area contributed by atoms with E-state index < -0.39 is 59.4 Å². The fourth-order valence-electron chi connectivity index (χ4n) is 3.69. The summed E-state index contributed by atoms with van der Waals surface area (Å²) in [5.74, 6) is -3.00. The van der Waals surface area contributed by atoms with Crippen LogP contribution in [0, 0.1) is 10.8 Å². The first-order valence-electron chi connectivity index (χ1n) is 12.2. The summed E-state index contributed by atoms with van der Waals surface area (Å²) >= 11 is 0. The Balaban J connectivity index is 2.30. The number of aliphatic hydroxyl groups is 3. The van der Waals surface area contributed by atoms with Crippen LogP contribution < -0.4 is 0 Å². The molecule has 5 atom stereocenters. The van der Waals surface area contributed by atoms with Gasteiger partial charge >= 0.3 is 17.9 Å². The highest BCUT2D eigenvalue weighted by Gasteiger charge is 2.49. The summed E-state index contributed by atoms with van der Waals surface area (Å²) in [5.41, 5.74) is -1.60. The van der Waals surface area contributed by atoms with Crippen LogP contribution >= 0.6 is 0 Å². The minimum Gasteiger partial charge on any atom is -0.481 e. The smallest absolute Gasteiger partial charge is 0.335 e. The highest BCUT2D eigenvalue weighted by atomic mass is 16.7. The van der Waals surface area contributed by atoms with Crippen molar-refractivity contribution in [2.45, 2.75) is 116 Å². The molecule has 1 saturated heterocycles. The van der Waals surface area contributed by atoms with Crippen molar-refractivity contribution in [1.29, 1.82) is 0 Å². The number of esters is 1. The van der Waals surface area contributed by atoms with Gasteiger partial charge in [-0.25, -0.2) is 4.79 Å². The number of aliphatic hydroxyl groups excluding tert-OH is 3. The van der Waals surface area contributed by atoms with Gasteiger partial charge in [0.2, 0.25) is 6.29 Å². The Morgan fingerprint density at radius 1 is 0.771 bits per heavy atom. The molecule has 1 fully saturated rings. The van der Waals surface area contributed by atoms with Gasteiger partial charge in [0.05, 0.1) is 10.8 Å². The maximum Gasteiger partial charge on any atom is 0.335 e. The number of allylic oxidation sites excluding steroid dienone is 2. The van der Waals surface area contributed by atoms with Crippen LogP contribution in [0.5, 0.6) is 0 Å². The highest BCUT2D eigenvalue weighted by molar-refractivity contribution is 5.76. The summed E-state index contributed by atoms with van der Waals surface area (Å²) in [6, 6.07) is 0. The van der Waals surface area contributed by atoms with E-state index in [4.69, 9.17) is 19.7 Å². The summed E-state index contributed by atoms with van der Waals surface area (Å²) in [6.45, 7) is 6.83. The lowest BCUT2D eigenvalue weighted by molar-refractivity contribution is -0.288. The Morgan fingerprint density at radius 3 is 1.83 bits per heavy atom. The van der Waals surface area contributed by atoms with Crippen LogP contribution in [0.3, 0.4) is 0 Å². The molecule has 1 aliphatic heterocycles. The van der Waals surface area contributed by atoms with Gasteiger partial charge in [0.15, 0.2) is 6.10 Å². The molecule has 0 radical (unpaired) electrons. The minimum atomic E-state index is -1.84. The molecule has 1 unspecified atom stereocenters. The number of carboxylic acids is 2. The molecular formula is C25H42O10. The van der Waals surface area contributed by atoms with Crippen molar-refractivity contribution in [3.05, 3.63) is 12.2 Å². The molecule has 35 heavy (non-hydrogen) atoms. The van der Waals surface area contributed by atoms with Gasteiger partial charge in [0.1, 0.15) is 18.3 Å². The van der Waals surface area contributed by atoms with Crippen molar-refractivity contribution in [2.75, 3.05) is 0 Å². The van der Waals surface area contributed by atoms with E-state index in [0.29, 0.717) is 12.8 Å². The topological polar surface area (TPSA) is 171 Å². The quantitative estimate of drug-likeness (QED) is 0.127. The molecule has 0 aliphatic carbocycles. The second-order valence-electron chi connectivity index (χ2n) is 10.5. The van der Waals surface area contributed by atoms with Gasteiger partial charge < -0.3 is 35.0 Å². The number of aliphatic carboxylic acids is 2. The van der Waals surface area contributed by atoms with E-state index in [1.165, 1.54) is 0 Å².